The van der Waals surface area contributed by atoms with Crippen LogP contribution in [0.3, 0.4) is 0 Å². The molecule has 0 saturated carbocycles. The first-order valence-corrected chi connectivity index (χ1v) is 5.80. The third kappa shape index (κ3) is 2.56. The lowest BCUT2D eigenvalue weighted by molar-refractivity contribution is 0.172. The number of rotatable bonds is 3. The van der Waals surface area contributed by atoms with Gasteiger partial charge in [-0.05, 0) is 36.6 Å². The first-order valence-electron chi connectivity index (χ1n) is 5.80. The van der Waals surface area contributed by atoms with Gasteiger partial charge in [-0.15, -0.1) is 0 Å². The Morgan fingerprint density at radius 3 is 2.41 bits per heavy atom. The molecule has 90 valence electrons. The van der Waals surface area contributed by atoms with Gasteiger partial charge in [0.2, 0.25) is 0 Å². The Bertz CT molecular complexity index is 496. The van der Waals surface area contributed by atoms with Crippen molar-refractivity contribution in [3.63, 3.8) is 0 Å². The van der Waals surface area contributed by atoms with Crippen LogP contribution < -0.4 is 0 Å². The van der Waals surface area contributed by atoms with Gasteiger partial charge in [0.25, 0.3) is 0 Å². The van der Waals surface area contributed by atoms with Crippen LogP contribution in [0.2, 0.25) is 0 Å². The van der Waals surface area contributed by atoms with Gasteiger partial charge in [0.1, 0.15) is 6.10 Å². The van der Waals surface area contributed by atoms with Crippen LogP contribution in [0.5, 0.6) is 0 Å². The van der Waals surface area contributed by atoms with Crippen LogP contribution in [-0.4, -0.2) is 14.9 Å². The molecule has 1 aromatic carbocycles. The van der Waals surface area contributed by atoms with E-state index in [4.69, 9.17) is 0 Å². The van der Waals surface area contributed by atoms with Gasteiger partial charge in [-0.2, -0.15) is 5.10 Å². The van der Waals surface area contributed by atoms with Crippen molar-refractivity contribution in [2.45, 2.75) is 26.4 Å². The maximum atomic E-state index is 10.2. The topological polar surface area (TPSA) is 38.0 Å². The fourth-order valence-electron chi connectivity index (χ4n) is 2.08. The van der Waals surface area contributed by atoms with Crippen LogP contribution in [0, 0.1) is 13.8 Å². The predicted octanol–water partition coefficient (Wildman–Crippen LogP) is 2.31. The normalized spacial score (nSPS) is 12.7. The van der Waals surface area contributed by atoms with Gasteiger partial charge in [-0.1, -0.05) is 18.2 Å². The van der Waals surface area contributed by atoms with Crippen LogP contribution in [0.25, 0.3) is 0 Å². The molecule has 1 heterocycles. The van der Waals surface area contributed by atoms with Crippen molar-refractivity contribution in [3.05, 3.63) is 52.8 Å². The minimum atomic E-state index is -0.531. The molecule has 2 rings (SSSR count). The fraction of sp³-hybridized carbons (Fsp3) is 0.357. The van der Waals surface area contributed by atoms with Crippen LogP contribution in [-0.2, 0) is 13.5 Å². The molecule has 0 bridgehead atoms. The Balaban J connectivity index is 2.21. The SMILES string of the molecule is Cc1cccc(C)c1CC(O)c1ccn(C)n1. The molecule has 1 N–H and O–H groups in total. The summed E-state index contributed by atoms with van der Waals surface area (Å²) < 4.78 is 1.71. The van der Waals surface area contributed by atoms with Crippen molar-refractivity contribution in [1.29, 1.82) is 0 Å². The molecule has 0 aliphatic heterocycles. The number of aryl methyl sites for hydroxylation is 3. The van der Waals surface area contributed by atoms with Crippen LogP contribution in [0.15, 0.2) is 30.5 Å². The minimum Gasteiger partial charge on any atom is -0.386 e. The van der Waals surface area contributed by atoms with Gasteiger partial charge in [-0.25, -0.2) is 0 Å². The maximum Gasteiger partial charge on any atom is 0.102 e. The van der Waals surface area contributed by atoms with E-state index in [1.165, 1.54) is 16.7 Å². The van der Waals surface area contributed by atoms with Gasteiger partial charge in [-0.3, -0.25) is 4.68 Å². The molecule has 0 spiro atoms. The number of aliphatic hydroxyl groups is 1. The Morgan fingerprint density at radius 2 is 1.88 bits per heavy atom. The number of benzene rings is 1. The fourth-order valence-corrected chi connectivity index (χ4v) is 2.08. The second-order valence-corrected chi connectivity index (χ2v) is 4.50. The summed E-state index contributed by atoms with van der Waals surface area (Å²) in [7, 11) is 1.86. The quantitative estimate of drug-likeness (QED) is 0.878. The lowest BCUT2D eigenvalue weighted by atomic mass is 9.96. The van der Waals surface area contributed by atoms with E-state index in [9.17, 15) is 5.11 Å². The van der Waals surface area contributed by atoms with Crippen LogP contribution in [0.1, 0.15) is 28.5 Å². The van der Waals surface area contributed by atoms with Gasteiger partial charge in [0.15, 0.2) is 0 Å². The summed E-state index contributed by atoms with van der Waals surface area (Å²) in [4.78, 5) is 0. The Labute approximate surface area is 102 Å². The summed E-state index contributed by atoms with van der Waals surface area (Å²) >= 11 is 0. The molecule has 3 heteroatoms. The van der Waals surface area contributed by atoms with E-state index in [0.717, 1.165) is 5.69 Å². The van der Waals surface area contributed by atoms with Crippen molar-refractivity contribution in [3.8, 4) is 0 Å². The molecule has 0 aliphatic rings. The third-order valence-corrected chi connectivity index (χ3v) is 3.12. The van der Waals surface area contributed by atoms with Gasteiger partial charge >= 0.3 is 0 Å². The van der Waals surface area contributed by atoms with Gasteiger partial charge in [0, 0.05) is 19.7 Å². The predicted molar refractivity (Wildman–Crippen MR) is 67.8 cm³/mol. The number of hydrogen-bond donors (Lipinski definition) is 1. The van der Waals surface area contributed by atoms with Crippen LogP contribution in [0.4, 0.5) is 0 Å². The highest BCUT2D eigenvalue weighted by molar-refractivity contribution is 5.34. The molecular weight excluding hydrogens is 212 g/mol. The van der Waals surface area contributed by atoms with E-state index in [0.29, 0.717) is 6.42 Å². The molecule has 3 nitrogen and oxygen atoms in total. The molecular formula is C14H18N2O. The second-order valence-electron chi connectivity index (χ2n) is 4.50. The zero-order valence-electron chi connectivity index (χ0n) is 10.5. The minimum absolute atomic E-state index is 0.531. The van der Waals surface area contributed by atoms with Gasteiger partial charge in [0.05, 0.1) is 5.69 Å². The lowest BCUT2D eigenvalue weighted by Crippen LogP contribution is -2.06. The highest BCUT2D eigenvalue weighted by Gasteiger charge is 2.13. The molecule has 0 amide bonds. The molecule has 2 aromatic rings. The monoisotopic (exact) mass is 230 g/mol. The van der Waals surface area contributed by atoms with E-state index in [1.54, 1.807) is 4.68 Å². The lowest BCUT2D eigenvalue weighted by Gasteiger charge is -2.13. The standard InChI is InChI=1S/C14H18N2O/c1-10-5-4-6-11(2)12(10)9-14(17)13-7-8-16(3)15-13/h4-8,14,17H,9H2,1-3H3. The average molecular weight is 230 g/mol. The summed E-state index contributed by atoms with van der Waals surface area (Å²) in [6.45, 7) is 4.15. The number of aromatic nitrogens is 2. The second kappa shape index (κ2) is 4.72. The molecule has 0 radical (unpaired) electrons. The Morgan fingerprint density at radius 1 is 1.24 bits per heavy atom. The molecule has 0 fully saturated rings. The van der Waals surface area contributed by atoms with E-state index in [1.807, 2.05) is 25.4 Å². The average Bonchev–Trinajstić information content (AvgIpc) is 2.70. The van der Waals surface area contributed by atoms with Crippen LogP contribution >= 0.6 is 0 Å². The highest BCUT2D eigenvalue weighted by atomic mass is 16.3. The first-order chi connectivity index (χ1) is 8.08. The summed E-state index contributed by atoms with van der Waals surface area (Å²) in [5.74, 6) is 0. The van der Waals surface area contributed by atoms with Gasteiger partial charge < -0.3 is 5.11 Å². The number of nitrogens with zero attached hydrogens (tertiary/aromatic N) is 2. The molecule has 0 aliphatic carbocycles. The number of hydrogen-bond acceptors (Lipinski definition) is 2. The molecule has 1 unspecified atom stereocenters. The largest absolute Gasteiger partial charge is 0.386 e. The molecule has 0 saturated heterocycles. The first kappa shape index (κ1) is 11.9. The summed E-state index contributed by atoms with van der Waals surface area (Å²) in [6, 6.07) is 8.06. The maximum absolute atomic E-state index is 10.2. The molecule has 17 heavy (non-hydrogen) atoms. The van der Waals surface area contributed by atoms with Crippen molar-refractivity contribution in [1.82, 2.24) is 9.78 Å². The summed E-state index contributed by atoms with van der Waals surface area (Å²) in [5.41, 5.74) is 4.39. The third-order valence-electron chi connectivity index (χ3n) is 3.12. The smallest absolute Gasteiger partial charge is 0.102 e. The van der Waals surface area contributed by atoms with E-state index in [-0.39, 0.29) is 0 Å². The highest BCUT2D eigenvalue weighted by Crippen LogP contribution is 2.21. The molecule has 1 atom stereocenters. The summed E-state index contributed by atoms with van der Waals surface area (Å²) in [5, 5.41) is 14.4. The zero-order chi connectivity index (χ0) is 12.4. The van der Waals surface area contributed by atoms with Crippen molar-refractivity contribution >= 4 is 0 Å². The van der Waals surface area contributed by atoms with Crippen molar-refractivity contribution in [2.24, 2.45) is 7.05 Å². The van der Waals surface area contributed by atoms with E-state index in [2.05, 4.69) is 31.1 Å². The van der Waals surface area contributed by atoms with E-state index >= 15 is 0 Å². The Hall–Kier alpha value is -1.61. The molecule has 1 aromatic heterocycles. The summed E-state index contributed by atoms with van der Waals surface area (Å²) in [6.07, 6.45) is 1.94. The van der Waals surface area contributed by atoms with Crippen molar-refractivity contribution < 1.29 is 5.11 Å². The number of aliphatic hydroxyl groups excluding tert-OH is 1. The van der Waals surface area contributed by atoms with E-state index < -0.39 is 6.10 Å². The Kier molecular flexibility index (Phi) is 3.29. The van der Waals surface area contributed by atoms with Crippen molar-refractivity contribution in [2.75, 3.05) is 0 Å². The zero-order valence-corrected chi connectivity index (χ0v) is 10.5.